The first-order chi connectivity index (χ1) is 21.9. The van der Waals surface area contributed by atoms with Crippen LogP contribution in [0, 0.1) is 5.92 Å². The van der Waals surface area contributed by atoms with Gasteiger partial charge in [-0.25, -0.2) is 23.4 Å². The number of nitrogens with one attached hydrogen (secondary N) is 3. The Labute approximate surface area is 262 Å². The van der Waals surface area contributed by atoms with Crippen LogP contribution in [-0.4, -0.2) is 87.1 Å². The quantitative estimate of drug-likeness (QED) is 0.293. The molecule has 254 valence electrons. The molecular formula is C29H39F5N8O4. The van der Waals surface area contributed by atoms with E-state index in [9.17, 15) is 31.5 Å². The number of morpholine rings is 1. The zero-order valence-electron chi connectivity index (χ0n) is 25.7. The number of alkyl halides is 5. The SMILES string of the molecule is CCCC(F)(F)CCC(NC(=O)c1ccnn1CC)c1cn2c(n1)N=C(C1CCOCC1)C(CC1OC(C(F)(F)F)CNC1=O)N2. The second kappa shape index (κ2) is 14.0. The smallest absolute Gasteiger partial charge is 0.381 e. The first-order valence-corrected chi connectivity index (χ1v) is 15.6. The molecule has 46 heavy (non-hydrogen) atoms. The molecule has 2 amide bonds. The van der Waals surface area contributed by atoms with Gasteiger partial charge in [-0.15, -0.1) is 0 Å². The van der Waals surface area contributed by atoms with Gasteiger partial charge in [0.15, 0.2) is 6.10 Å². The molecular weight excluding hydrogens is 619 g/mol. The topological polar surface area (TPSA) is 137 Å². The zero-order valence-corrected chi connectivity index (χ0v) is 25.7. The number of rotatable bonds is 12. The molecule has 0 bridgehead atoms. The van der Waals surface area contributed by atoms with Crippen LogP contribution in [0.2, 0.25) is 0 Å². The minimum atomic E-state index is -4.65. The summed E-state index contributed by atoms with van der Waals surface area (Å²) < 4.78 is 83.2. The predicted octanol–water partition coefficient (Wildman–Crippen LogP) is 4.05. The lowest BCUT2D eigenvalue weighted by molar-refractivity contribution is -0.238. The molecule has 5 heterocycles. The van der Waals surface area contributed by atoms with Crippen LogP contribution in [0.15, 0.2) is 23.5 Å². The van der Waals surface area contributed by atoms with Crippen molar-refractivity contribution < 1.29 is 41.0 Å². The average Bonchev–Trinajstić information content (AvgIpc) is 3.67. The Balaban J connectivity index is 1.43. The molecule has 2 saturated heterocycles. The lowest BCUT2D eigenvalue weighted by atomic mass is 9.87. The summed E-state index contributed by atoms with van der Waals surface area (Å²) in [5.74, 6) is -4.04. The van der Waals surface area contributed by atoms with Crippen molar-refractivity contribution in [1.82, 2.24) is 30.1 Å². The van der Waals surface area contributed by atoms with Crippen LogP contribution in [0.3, 0.4) is 0 Å². The number of amides is 2. The van der Waals surface area contributed by atoms with E-state index >= 15 is 0 Å². The lowest BCUT2D eigenvalue weighted by Crippen LogP contribution is -2.56. The molecule has 3 aliphatic heterocycles. The molecule has 3 aliphatic rings. The van der Waals surface area contributed by atoms with Gasteiger partial charge >= 0.3 is 6.18 Å². The van der Waals surface area contributed by atoms with Gasteiger partial charge in [-0.2, -0.15) is 18.3 Å². The summed E-state index contributed by atoms with van der Waals surface area (Å²) in [5, 5.41) is 9.22. The van der Waals surface area contributed by atoms with Crippen molar-refractivity contribution in [2.75, 3.05) is 25.2 Å². The summed E-state index contributed by atoms with van der Waals surface area (Å²) in [5.41, 5.74) is 4.31. The fourth-order valence-corrected chi connectivity index (χ4v) is 6.03. The summed E-state index contributed by atoms with van der Waals surface area (Å²) in [6.45, 7) is 4.16. The molecule has 3 N–H and O–H groups in total. The normalized spacial score (nSPS) is 23.2. The maximum absolute atomic E-state index is 14.6. The van der Waals surface area contributed by atoms with E-state index in [1.807, 2.05) is 6.92 Å². The highest BCUT2D eigenvalue weighted by molar-refractivity contribution is 5.96. The molecule has 17 heteroatoms. The van der Waals surface area contributed by atoms with Gasteiger partial charge < -0.3 is 25.5 Å². The van der Waals surface area contributed by atoms with Gasteiger partial charge in [-0.05, 0) is 32.3 Å². The molecule has 0 aromatic carbocycles. The summed E-state index contributed by atoms with van der Waals surface area (Å²) in [6.07, 6.45) is -4.77. The molecule has 4 unspecified atom stereocenters. The molecule has 2 aromatic heterocycles. The van der Waals surface area contributed by atoms with Crippen LogP contribution in [0.5, 0.6) is 0 Å². The van der Waals surface area contributed by atoms with Crippen molar-refractivity contribution >= 4 is 23.5 Å². The molecule has 0 saturated carbocycles. The predicted molar refractivity (Wildman–Crippen MR) is 156 cm³/mol. The Morgan fingerprint density at radius 2 is 1.93 bits per heavy atom. The minimum absolute atomic E-state index is 0.109. The molecule has 4 atom stereocenters. The largest absolute Gasteiger partial charge is 0.416 e. The number of aromatic nitrogens is 4. The van der Waals surface area contributed by atoms with E-state index in [0.717, 1.165) is 0 Å². The van der Waals surface area contributed by atoms with Crippen molar-refractivity contribution in [3.8, 4) is 0 Å². The summed E-state index contributed by atoms with van der Waals surface area (Å²) >= 11 is 0. The average molecular weight is 659 g/mol. The van der Waals surface area contributed by atoms with E-state index in [1.165, 1.54) is 27.8 Å². The van der Waals surface area contributed by atoms with Gasteiger partial charge in [-0.1, -0.05) is 13.3 Å². The monoisotopic (exact) mass is 658 g/mol. The van der Waals surface area contributed by atoms with Crippen molar-refractivity contribution in [1.29, 1.82) is 0 Å². The zero-order chi connectivity index (χ0) is 33.1. The number of aryl methyl sites for hydroxylation is 1. The molecule has 2 fully saturated rings. The Kier molecular flexibility index (Phi) is 10.3. The van der Waals surface area contributed by atoms with Crippen molar-refractivity contribution in [3.63, 3.8) is 0 Å². The van der Waals surface area contributed by atoms with Crippen molar-refractivity contribution in [2.24, 2.45) is 10.9 Å². The van der Waals surface area contributed by atoms with E-state index in [2.05, 4.69) is 26.1 Å². The number of nitrogens with zero attached hydrogens (tertiary/aromatic N) is 5. The molecule has 0 aliphatic carbocycles. The molecule has 2 aromatic rings. The highest BCUT2D eigenvalue weighted by Gasteiger charge is 2.47. The number of hydrogen-bond donors (Lipinski definition) is 3. The van der Waals surface area contributed by atoms with E-state index < -0.39 is 61.2 Å². The van der Waals surface area contributed by atoms with Gasteiger partial charge in [-0.3, -0.25) is 14.3 Å². The third-order valence-electron chi connectivity index (χ3n) is 8.45. The lowest BCUT2D eigenvalue weighted by Gasteiger charge is -2.36. The highest BCUT2D eigenvalue weighted by Crippen LogP contribution is 2.34. The van der Waals surface area contributed by atoms with E-state index in [1.54, 1.807) is 6.92 Å². The van der Waals surface area contributed by atoms with Crippen LogP contribution in [0.1, 0.15) is 81.0 Å². The van der Waals surface area contributed by atoms with Gasteiger partial charge in [0.1, 0.15) is 11.8 Å². The van der Waals surface area contributed by atoms with E-state index in [0.29, 0.717) is 44.7 Å². The fraction of sp³-hybridized carbons (Fsp3) is 0.690. The van der Waals surface area contributed by atoms with Gasteiger partial charge in [0.2, 0.25) is 17.8 Å². The van der Waals surface area contributed by atoms with Gasteiger partial charge in [0.05, 0.1) is 30.5 Å². The second-order valence-corrected chi connectivity index (χ2v) is 11.8. The number of halogens is 5. The molecule has 12 nitrogen and oxygen atoms in total. The number of carbonyl (C=O) groups is 2. The second-order valence-electron chi connectivity index (χ2n) is 11.8. The number of fused-ring (bicyclic) bond motifs is 1. The minimum Gasteiger partial charge on any atom is -0.381 e. The van der Waals surface area contributed by atoms with Crippen LogP contribution in [-0.2, 0) is 20.8 Å². The highest BCUT2D eigenvalue weighted by atomic mass is 19.4. The van der Waals surface area contributed by atoms with Gasteiger partial charge in [0.25, 0.3) is 5.91 Å². The number of ether oxygens (including phenoxy) is 2. The third-order valence-corrected chi connectivity index (χ3v) is 8.45. The Morgan fingerprint density at radius 1 is 1.17 bits per heavy atom. The number of aliphatic imine (C=N–C) groups is 1. The van der Waals surface area contributed by atoms with E-state index in [4.69, 9.17) is 14.5 Å². The van der Waals surface area contributed by atoms with Crippen LogP contribution >= 0.6 is 0 Å². The van der Waals surface area contributed by atoms with E-state index in [-0.39, 0.29) is 42.5 Å². The third kappa shape index (κ3) is 7.85. The van der Waals surface area contributed by atoms with Crippen molar-refractivity contribution in [3.05, 3.63) is 29.8 Å². The van der Waals surface area contributed by atoms with Crippen LogP contribution < -0.4 is 16.1 Å². The summed E-state index contributed by atoms with van der Waals surface area (Å²) in [4.78, 5) is 35.2. The Bertz CT molecular complexity index is 1400. The maximum atomic E-state index is 14.6. The number of carbonyl (C=O) groups excluding carboxylic acids is 2. The Hall–Kier alpha value is -3.60. The number of imidazole rings is 1. The maximum Gasteiger partial charge on any atom is 0.416 e. The summed E-state index contributed by atoms with van der Waals surface area (Å²) in [7, 11) is 0. The van der Waals surface area contributed by atoms with Crippen LogP contribution in [0.4, 0.5) is 27.9 Å². The first-order valence-electron chi connectivity index (χ1n) is 15.6. The molecule has 5 rings (SSSR count). The van der Waals surface area contributed by atoms with Crippen LogP contribution in [0.25, 0.3) is 0 Å². The summed E-state index contributed by atoms with van der Waals surface area (Å²) in [6, 6.07) is -0.0971. The van der Waals surface area contributed by atoms with Gasteiger partial charge in [0, 0.05) is 56.8 Å². The van der Waals surface area contributed by atoms with Crippen molar-refractivity contribution in [2.45, 2.75) is 102 Å². The fourth-order valence-electron chi connectivity index (χ4n) is 6.03. The first kappa shape index (κ1) is 33.8. The number of hydrogen-bond acceptors (Lipinski definition) is 8. The molecule has 0 radical (unpaired) electrons. The Morgan fingerprint density at radius 3 is 2.63 bits per heavy atom. The molecule has 0 spiro atoms. The standard InChI is InChI=1S/C29H39F5N8O4/c1-3-9-28(30,31)10-5-18(37-25(43)21-6-11-36-41(21)4-2)20-16-42-27(38-20)39-24(17-7-12-45-13-8-17)19(40-42)14-22-26(44)35-15-23(46-22)29(32,33)34/h6,11,16-19,22-23,40H,3-5,7-10,12-15H2,1-2H3,(H,35,44)(H,37,43).